The third kappa shape index (κ3) is 5.63. The minimum Gasteiger partial charge on any atom is -0.309 e. The molecule has 0 atom stereocenters. The van der Waals surface area contributed by atoms with Crippen LogP contribution in [0.25, 0.3) is 82.5 Å². The summed E-state index contributed by atoms with van der Waals surface area (Å²) in [7, 11) is 0. The van der Waals surface area contributed by atoms with Crippen LogP contribution in [0.4, 0.5) is 11.4 Å². The van der Waals surface area contributed by atoms with Crippen molar-refractivity contribution in [1.82, 2.24) is 19.5 Å². The zero-order valence-electron chi connectivity index (χ0n) is 31.4. The molecular formula is C51H38N6. The van der Waals surface area contributed by atoms with Crippen molar-refractivity contribution >= 4 is 33.2 Å². The van der Waals surface area contributed by atoms with Gasteiger partial charge in [-0.3, -0.25) is 0 Å². The Kier molecular flexibility index (Phi) is 7.69. The molecule has 2 aromatic heterocycles. The van der Waals surface area contributed by atoms with E-state index in [-0.39, 0.29) is 0 Å². The summed E-state index contributed by atoms with van der Waals surface area (Å²) in [6.07, 6.45) is 8.52. The van der Waals surface area contributed by atoms with Crippen LogP contribution in [0.5, 0.6) is 0 Å². The van der Waals surface area contributed by atoms with Crippen molar-refractivity contribution in [2.24, 2.45) is 17.8 Å². The van der Waals surface area contributed by atoms with Crippen LogP contribution >= 0.6 is 0 Å². The van der Waals surface area contributed by atoms with Gasteiger partial charge in [-0.1, -0.05) is 115 Å². The van der Waals surface area contributed by atoms with Crippen LogP contribution in [0.3, 0.4) is 0 Å². The first-order chi connectivity index (χ1) is 28.0. The molecule has 0 spiro atoms. The smallest absolute Gasteiger partial charge is 0.187 e. The minimum atomic E-state index is 0.391. The fraction of sp³-hybridized carbons (Fsp3) is 0.196. The Morgan fingerprint density at radius 1 is 0.509 bits per heavy atom. The van der Waals surface area contributed by atoms with Crippen molar-refractivity contribution in [3.8, 4) is 51.0 Å². The summed E-state index contributed by atoms with van der Waals surface area (Å²) in [6, 6.07) is 48.1. The molecular weight excluding hydrogens is 697 g/mol. The fourth-order valence-corrected chi connectivity index (χ4v) is 10.9. The van der Waals surface area contributed by atoms with Gasteiger partial charge >= 0.3 is 0 Å². The Balaban J connectivity index is 1.03. The van der Waals surface area contributed by atoms with E-state index in [1.54, 1.807) is 29.8 Å². The molecule has 4 saturated carbocycles. The SMILES string of the molecule is [C-]#[N+]c1ccc(-c2nc(-c3ccc([N+]#[C-])cc3)nc(-c3cccc4c3c3ccccc3n4-c3cccc(-c4ccc(C56CC7CC(CC(C7)C5)C6)cc4)c3)n2)cc1. The number of nitrogens with zero attached hydrogens (tertiary/aromatic N) is 6. The predicted molar refractivity (Wildman–Crippen MR) is 228 cm³/mol. The fourth-order valence-electron chi connectivity index (χ4n) is 10.9. The summed E-state index contributed by atoms with van der Waals surface area (Å²) in [6.45, 7) is 14.9. The molecule has 2 heterocycles. The largest absolute Gasteiger partial charge is 0.309 e. The van der Waals surface area contributed by atoms with Gasteiger partial charge in [0, 0.05) is 33.2 Å². The Hall–Kier alpha value is -6.89. The molecule has 4 aliphatic rings. The van der Waals surface area contributed by atoms with E-state index in [1.807, 2.05) is 24.3 Å². The van der Waals surface area contributed by atoms with Crippen LogP contribution < -0.4 is 0 Å². The van der Waals surface area contributed by atoms with E-state index in [1.165, 1.54) is 49.7 Å². The lowest BCUT2D eigenvalue weighted by atomic mass is 9.48. The number of benzene rings is 6. The Morgan fingerprint density at radius 2 is 1.05 bits per heavy atom. The van der Waals surface area contributed by atoms with Crippen molar-refractivity contribution in [3.63, 3.8) is 0 Å². The van der Waals surface area contributed by atoms with E-state index in [2.05, 4.69) is 105 Å². The number of fused-ring (bicyclic) bond motifs is 3. The van der Waals surface area contributed by atoms with E-state index < -0.39 is 0 Å². The van der Waals surface area contributed by atoms with Crippen LogP contribution in [0.15, 0.2) is 140 Å². The first-order valence-electron chi connectivity index (χ1n) is 20.0. The second-order valence-corrected chi connectivity index (χ2v) is 16.5. The van der Waals surface area contributed by atoms with E-state index in [0.717, 1.165) is 61.9 Å². The number of rotatable bonds is 6. The first-order valence-corrected chi connectivity index (χ1v) is 20.0. The molecule has 0 N–H and O–H groups in total. The maximum atomic E-state index is 7.44. The molecule has 0 aliphatic heterocycles. The molecule has 6 nitrogen and oxygen atoms in total. The third-order valence-electron chi connectivity index (χ3n) is 13.1. The molecule has 4 fully saturated rings. The molecule has 0 saturated heterocycles. The normalized spacial score (nSPS) is 20.8. The van der Waals surface area contributed by atoms with Gasteiger partial charge in [-0.05, 0) is 103 Å². The highest BCUT2D eigenvalue weighted by Crippen LogP contribution is 2.60. The lowest BCUT2D eigenvalue weighted by Gasteiger charge is -2.57. The van der Waals surface area contributed by atoms with Crippen LogP contribution in [-0.2, 0) is 5.41 Å². The van der Waals surface area contributed by atoms with Crippen LogP contribution in [0.1, 0.15) is 44.1 Å². The van der Waals surface area contributed by atoms with Crippen molar-refractivity contribution < 1.29 is 0 Å². The molecule has 8 aromatic rings. The zero-order chi connectivity index (χ0) is 38.1. The van der Waals surface area contributed by atoms with Gasteiger partial charge in [0.25, 0.3) is 0 Å². The van der Waals surface area contributed by atoms with Crippen molar-refractivity contribution in [2.45, 2.75) is 43.9 Å². The summed E-state index contributed by atoms with van der Waals surface area (Å²) in [5, 5.41) is 2.17. The van der Waals surface area contributed by atoms with Crippen LogP contribution in [-0.4, -0.2) is 19.5 Å². The topological polar surface area (TPSA) is 52.3 Å². The number of hydrogen-bond acceptors (Lipinski definition) is 3. The Bertz CT molecular complexity index is 2830. The molecule has 4 bridgehead atoms. The van der Waals surface area contributed by atoms with E-state index in [4.69, 9.17) is 28.1 Å². The Labute approximate surface area is 332 Å². The van der Waals surface area contributed by atoms with Gasteiger partial charge in [0.15, 0.2) is 28.8 Å². The van der Waals surface area contributed by atoms with Crippen molar-refractivity contribution in [1.29, 1.82) is 0 Å². The molecule has 57 heavy (non-hydrogen) atoms. The maximum Gasteiger partial charge on any atom is 0.187 e. The lowest BCUT2D eigenvalue weighted by molar-refractivity contribution is -0.00518. The monoisotopic (exact) mass is 734 g/mol. The molecule has 0 unspecified atom stereocenters. The number of aromatic nitrogens is 4. The molecule has 4 aliphatic carbocycles. The van der Waals surface area contributed by atoms with Crippen LogP contribution in [0.2, 0.25) is 0 Å². The molecule has 6 heteroatoms. The van der Waals surface area contributed by atoms with Crippen molar-refractivity contribution in [2.75, 3.05) is 0 Å². The summed E-state index contributed by atoms with van der Waals surface area (Å²) in [5.74, 6) is 4.38. The predicted octanol–water partition coefficient (Wildman–Crippen LogP) is 13.2. The average Bonchev–Trinajstić information content (AvgIpc) is 3.61. The second-order valence-electron chi connectivity index (χ2n) is 16.5. The van der Waals surface area contributed by atoms with Gasteiger partial charge in [-0.15, -0.1) is 0 Å². The number of hydrogen-bond donors (Lipinski definition) is 0. The third-order valence-corrected chi connectivity index (χ3v) is 13.1. The van der Waals surface area contributed by atoms with Gasteiger partial charge < -0.3 is 4.57 Å². The lowest BCUT2D eigenvalue weighted by Crippen LogP contribution is -2.48. The van der Waals surface area contributed by atoms with Gasteiger partial charge in [0.1, 0.15) is 0 Å². The first kappa shape index (κ1) is 33.4. The number of para-hydroxylation sites is 1. The second kappa shape index (κ2) is 13.1. The van der Waals surface area contributed by atoms with Crippen molar-refractivity contribution in [3.05, 3.63) is 168 Å². The van der Waals surface area contributed by atoms with Gasteiger partial charge in [0.05, 0.1) is 24.2 Å². The quantitative estimate of drug-likeness (QED) is 0.160. The highest BCUT2D eigenvalue weighted by Gasteiger charge is 2.51. The minimum absolute atomic E-state index is 0.391. The standard InChI is InChI=1S/C51H38N6/c1-52-40-21-15-36(16-22-40)48-54-49(37-17-23-41(53-2)24-18-37)56-50(55-48)44-10-6-12-46-47(44)43-9-3-4-11-45(43)57(46)42-8-5-7-38(28-42)35-13-19-39(20-14-35)51-29-32-25-33(30-51)27-34(26-32)31-51/h3-24,28,32-34H,25-27,29-31H2. The van der Waals surface area contributed by atoms with Gasteiger partial charge in [-0.2, -0.15) is 0 Å². The van der Waals surface area contributed by atoms with E-state index in [0.29, 0.717) is 34.3 Å². The molecule has 272 valence electrons. The molecule has 6 aromatic carbocycles. The van der Waals surface area contributed by atoms with E-state index in [9.17, 15) is 0 Å². The summed E-state index contributed by atoms with van der Waals surface area (Å²) < 4.78 is 2.36. The molecule has 0 radical (unpaired) electrons. The highest BCUT2D eigenvalue weighted by atomic mass is 15.0. The summed E-state index contributed by atoms with van der Waals surface area (Å²) >= 11 is 0. The maximum absolute atomic E-state index is 7.44. The summed E-state index contributed by atoms with van der Waals surface area (Å²) in [4.78, 5) is 22.2. The highest BCUT2D eigenvalue weighted by molar-refractivity contribution is 6.15. The Morgan fingerprint density at radius 3 is 1.67 bits per heavy atom. The summed E-state index contributed by atoms with van der Waals surface area (Å²) in [5.41, 5.74) is 11.3. The molecule has 12 rings (SSSR count). The zero-order valence-corrected chi connectivity index (χ0v) is 31.4. The van der Waals surface area contributed by atoms with Crippen LogP contribution in [0, 0.1) is 30.9 Å². The van der Waals surface area contributed by atoms with E-state index >= 15 is 0 Å². The van der Waals surface area contributed by atoms with Gasteiger partial charge in [0.2, 0.25) is 0 Å². The average molecular weight is 735 g/mol. The van der Waals surface area contributed by atoms with Gasteiger partial charge in [-0.25, -0.2) is 24.6 Å². The molecule has 0 amide bonds.